The number of nitrogens with zero attached hydrogens (tertiary/aromatic N) is 1. The lowest BCUT2D eigenvalue weighted by atomic mass is 9.91. The molecular weight excluding hydrogens is 521 g/mol. The number of carboxylic acid groups (broad SMARTS) is 1. The number of fused-ring (bicyclic) bond motifs is 1. The van der Waals surface area contributed by atoms with Gasteiger partial charge in [-0.25, -0.2) is 4.79 Å². The molecule has 1 heterocycles. The van der Waals surface area contributed by atoms with Gasteiger partial charge < -0.3 is 9.67 Å². The molecule has 4 rings (SSSR count). The van der Waals surface area contributed by atoms with E-state index in [0.717, 1.165) is 5.69 Å². The van der Waals surface area contributed by atoms with Crippen LogP contribution in [-0.4, -0.2) is 27.2 Å². The third-order valence-electron chi connectivity index (χ3n) is 5.03. The van der Waals surface area contributed by atoms with E-state index in [-0.39, 0.29) is 39.9 Å². The summed E-state index contributed by atoms with van der Waals surface area (Å²) in [6, 6.07) is 11.1. The number of rotatable bonds is 4. The zero-order valence-corrected chi connectivity index (χ0v) is 23.6. The summed E-state index contributed by atoms with van der Waals surface area (Å²) in [6.07, 6.45) is 6.30. The summed E-state index contributed by atoms with van der Waals surface area (Å²) in [5.74, 6) is -1.53. The molecule has 7 heteroatoms. The van der Waals surface area contributed by atoms with Crippen molar-refractivity contribution in [1.82, 2.24) is 4.57 Å². The molecular formula is C31H39Cl2NO4. The molecule has 3 aromatic rings. The number of aromatic carboxylic acids is 1. The van der Waals surface area contributed by atoms with Crippen LogP contribution in [-0.2, 0) is 6.42 Å². The van der Waals surface area contributed by atoms with E-state index in [2.05, 4.69) is 20.4 Å². The number of hydrogen-bond acceptors (Lipinski definition) is 3. The van der Waals surface area contributed by atoms with E-state index in [1.54, 1.807) is 47.2 Å². The van der Waals surface area contributed by atoms with Crippen LogP contribution in [0, 0.1) is 0 Å². The van der Waals surface area contributed by atoms with Crippen LogP contribution in [0.1, 0.15) is 104 Å². The second kappa shape index (κ2) is 17.4. The number of ketones is 2. The Morgan fingerprint density at radius 2 is 1.53 bits per heavy atom. The van der Waals surface area contributed by atoms with Crippen LogP contribution < -0.4 is 0 Å². The summed E-state index contributed by atoms with van der Waals surface area (Å²) in [4.78, 5) is 37.1. The monoisotopic (exact) mass is 559 g/mol. The Kier molecular flexibility index (Phi) is 15.9. The third kappa shape index (κ3) is 8.44. The maximum Gasteiger partial charge on any atom is 0.335 e. The fraction of sp³-hybridized carbons (Fsp3) is 0.323. The molecule has 0 amide bonds. The van der Waals surface area contributed by atoms with Crippen LogP contribution in [0.4, 0.5) is 0 Å². The molecule has 38 heavy (non-hydrogen) atoms. The van der Waals surface area contributed by atoms with Gasteiger partial charge in [0.05, 0.1) is 32.3 Å². The first-order valence-corrected chi connectivity index (χ1v) is 13.1. The minimum absolute atomic E-state index is 0. The quantitative estimate of drug-likeness (QED) is 0.255. The number of carboxylic acids is 1. The van der Waals surface area contributed by atoms with Crippen LogP contribution in [0.3, 0.4) is 0 Å². The normalized spacial score (nSPS) is 11.1. The average molecular weight is 561 g/mol. The van der Waals surface area contributed by atoms with E-state index >= 15 is 0 Å². The smallest absolute Gasteiger partial charge is 0.335 e. The van der Waals surface area contributed by atoms with Crippen molar-refractivity contribution in [3.05, 3.63) is 99.3 Å². The topological polar surface area (TPSA) is 76.4 Å². The Hall–Kier alpha value is -3.15. The highest BCUT2D eigenvalue weighted by Gasteiger charge is 2.30. The van der Waals surface area contributed by atoms with Gasteiger partial charge in [0.1, 0.15) is 0 Å². The van der Waals surface area contributed by atoms with Crippen molar-refractivity contribution >= 4 is 40.7 Å². The molecule has 2 aromatic carbocycles. The first-order valence-electron chi connectivity index (χ1n) is 12.4. The van der Waals surface area contributed by atoms with Crippen molar-refractivity contribution in [2.45, 2.75) is 67.7 Å². The Morgan fingerprint density at radius 1 is 1.03 bits per heavy atom. The van der Waals surface area contributed by atoms with Crippen molar-refractivity contribution in [3.8, 4) is 5.69 Å². The fourth-order valence-corrected chi connectivity index (χ4v) is 4.23. The third-order valence-corrected chi connectivity index (χ3v) is 5.66. The summed E-state index contributed by atoms with van der Waals surface area (Å²) in [5, 5.41) is 9.55. The molecule has 1 aliphatic carbocycles. The highest BCUT2D eigenvalue weighted by Crippen LogP contribution is 2.34. The van der Waals surface area contributed by atoms with Crippen molar-refractivity contribution in [2.24, 2.45) is 0 Å². The van der Waals surface area contributed by atoms with E-state index in [1.807, 2.05) is 20.8 Å². The lowest BCUT2D eigenvalue weighted by molar-refractivity contribution is 0.0696. The van der Waals surface area contributed by atoms with Gasteiger partial charge in [0.25, 0.3) is 0 Å². The zero-order chi connectivity index (χ0) is 28.1. The Morgan fingerprint density at radius 3 is 2.00 bits per heavy atom. The largest absolute Gasteiger partial charge is 0.478 e. The predicted molar refractivity (Wildman–Crippen MR) is 160 cm³/mol. The Balaban J connectivity index is 0.00000137. The molecule has 0 atom stereocenters. The van der Waals surface area contributed by atoms with E-state index in [9.17, 15) is 14.4 Å². The molecule has 0 saturated carbocycles. The number of Topliss-reactive ketones (excluding diaryl/α,β-unsaturated/α-hetero) is 1. The summed E-state index contributed by atoms with van der Waals surface area (Å²) in [5.41, 5.74) is 2.36. The molecule has 1 aromatic heterocycles. The lowest BCUT2D eigenvalue weighted by Crippen LogP contribution is -2.15. The van der Waals surface area contributed by atoms with E-state index in [4.69, 9.17) is 28.3 Å². The predicted octanol–water partition coefficient (Wildman–Crippen LogP) is 9.50. The minimum Gasteiger partial charge on any atom is -0.478 e. The first-order chi connectivity index (χ1) is 17.7. The van der Waals surface area contributed by atoms with Crippen LogP contribution in [0.25, 0.3) is 5.69 Å². The second-order valence-electron chi connectivity index (χ2n) is 7.90. The highest BCUT2D eigenvalue weighted by molar-refractivity contribution is 6.41. The number of halogens is 2. The van der Waals surface area contributed by atoms with Gasteiger partial charge in [-0.3, -0.25) is 9.59 Å². The standard InChI is InChI=1S/C22H15Cl2NO4.C3H8.C3H6.C2H6.CH4/c23-15-3-1-4-16(24)20(15)21(27)14-11-25(17-5-2-6-18(26)19(14)17)13-9-7-12(8-10-13)22(28)29;2*1-3-2;1-2;/h1,3-4,7-11H,2,5-6H2,(H,28,29);3H2,1-2H3;3H,1H2,2H3;1-2H3;1H4. The molecule has 1 aliphatic rings. The minimum atomic E-state index is -1.02. The SMILES string of the molecule is C.C=CC.CC.CCC.O=C(O)c1ccc(-n2cc(C(=O)c3c(Cl)cccc3Cl)c3c2CCCC3=O)cc1. The van der Waals surface area contributed by atoms with E-state index < -0.39 is 11.8 Å². The second-order valence-corrected chi connectivity index (χ2v) is 8.72. The van der Waals surface area contributed by atoms with Crippen LogP contribution in [0.15, 0.2) is 61.3 Å². The van der Waals surface area contributed by atoms with Gasteiger partial charge in [-0.2, -0.15) is 0 Å². The number of aromatic nitrogens is 1. The van der Waals surface area contributed by atoms with Crippen LogP contribution in [0.5, 0.6) is 0 Å². The van der Waals surface area contributed by atoms with E-state index in [0.29, 0.717) is 30.5 Å². The number of carbonyl (C=O) groups is 3. The molecule has 206 valence electrons. The van der Waals surface area contributed by atoms with Crippen LogP contribution >= 0.6 is 23.2 Å². The molecule has 5 nitrogen and oxygen atoms in total. The average Bonchev–Trinajstić information content (AvgIpc) is 3.27. The molecule has 1 N–H and O–H groups in total. The van der Waals surface area contributed by atoms with E-state index in [1.165, 1.54) is 18.6 Å². The summed E-state index contributed by atoms with van der Waals surface area (Å²) < 4.78 is 1.77. The number of carbonyl (C=O) groups excluding carboxylic acids is 2. The molecule has 0 aliphatic heterocycles. The first kappa shape index (κ1) is 34.9. The molecule has 0 unspecified atom stereocenters. The molecule has 0 radical (unpaired) electrons. The molecule has 0 spiro atoms. The van der Waals surface area contributed by atoms with Crippen molar-refractivity contribution in [3.63, 3.8) is 0 Å². The van der Waals surface area contributed by atoms with Gasteiger partial charge in [0, 0.05) is 24.0 Å². The highest BCUT2D eigenvalue weighted by atomic mass is 35.5. The van der Waals surface area contributed by atoms with Gasteiger partial charge >= 0.3 is 5.97 Å². The molecule has 0 saturated heterocycles. The van der Waals surface area contributed by atoms with Crippen molar-refractivity contribution in [2.75, 3.05) is 0 Å². The maximum absolute atomic E-state index is 13.3. The fourth-order valence-electron chi connectivity index (χ4n) is 3.66. The number of benzene rings is 2. The molecule has 0 fully saturated rings. The van der Waals surface area contributed by atoms with Gasteiger partial charge in [0.15, 0.2) is 11.6 Å². The van der Waals surface area contributed by atoms with Crippen LogP contribution in [0.2, 0.25) is 10.0 Å². The summed E-state index contributed by atoms with van der Waals surface area (Å²) >= 11 is 12.4. The van der Waals surface area contributed by atoms with Crippen molar-refractivity contribution in [1.29, 1.82) is 0 Å². The van der Waals surface area contributed by atoms with Gasteiger partial charge in [-0.1, -0.05) is 76.9 Å². The molecule has 0 bridgehead atoms. The van der Waals surface area contributed by atoms with Crippen molar-refractivity contribution < 1.29 is 19.5 Å². The number of allylic oxidation sites excluding steroid dienone is 1. The van der Waals surface area contributed by atoms with Gasteiger partial charge in [-0.15, -0.1) is 6.58 Å². The summed E-state index contributed by atoms with van der Waals surface area (Å²) in [6.45, 7) is 13.5. The summed E-state index contributed by atoms with van der Waals surface area (Å²) in [7, 11) is 0. The Bertz CT molecular complexity index is 1210. The maximum atomic E-state index is 13.3. The zero-order valence-electron chi connectivity index (χ0n) is 22.1. The van der Waals surface area contributed by atoms with Gasteiger partial charge in [-0.05, 0) is 56.2 Å². The Labute approximate surface area is 237 Å². The number of hydrogen-bond donors (Lipinski definition) is 1. The van der Waals surface area contributed by atoms with Gasteiger partial charge in [0.2, 0.25) is 0 Å². The lowest BCUT2D eigenvalue weighted by Gasteiger charge is -2.15.